The summed E-state index contributed by atoms with van der Waals surface area (Å²) >= 11 is 7.96. The van der Waals surface area contributed by atoms with E-state index in [1.165, 1.54) is 24.3 Å². The van der Waals surface area contributed by atoms with E-state index in [9.17, 15) is 0 Å². The van der Waals surface area contributed by atoms with Crippen molar-refractivity contribution in [2.75, 3.05) is 25.2 Å². The number of methoxy groups -OCH3 is 1. The van der Waals surface area contributed by atoms with Gasteiger partial charge in [0.05, 0.1) is 12.0 Å². The zero-order valence-electron chi connectivity index (χ0n) is 8.01. The minimum absolute atomic E-state index is 0.210. The summed E-state index contributed by atoms with van der Waals surface area (Å²) < 4.78 is 4.94. The van der Waals surface area contributed by atoms with Crippen molar-refractivity contribution in [2.45, 2.75) is 31.6 Å². The molecular weight excluding hydrogens is 192 g/mol. The topological polar surface area (TPSA) is 9.23 Å². The highest BCUT2D eigenvalue weighted by Crippen LogP contribution is 2.10. The molecule has 0 aromatic heterocycles. The highest BCUT2D eigenvalue weighted by molar-refractivity contribution is 7.99. The van der Waals surface area contributed by atoms with E-state index >= 15 is 0 Å². The number of halogens is 1. The van der Waals surface area contributed by atoms with Gasteiger partial charge in [-0.2, -0.15) is 11.8 Å². The molecule has 3 heteroatoms. The third-order valence-corrected chi connectivity index (χ3v) is 2.94. The SMILES string of the molecule is CCSCCCCC(Cl)COC. The predicted octanol–water partition coefficient (Wildman–Crippen LogP) is 3.16. The minimum atomic E-state index is 0.210. The number of hydrogen-bond acceptors (Lipinski definition) is 2. The first-order chi connectivity index (χ1) is 5.81. The number of hydrogen-bond donors (Lipinski definition) is 0. The van der Waals surface area contributed by atoms with Crippen molar-refractivity contribution >= 4 is 23.4 Å². The maximum atomic E-state index is 5.96. The Balaban J connectivity index is 2.97. The molecule has 0 aliphatic rings. The Morgan fingerprint density at radius 3 is 2.75 bits per heavy atom. The molecule has 0 radical (unpaired) electrons. The molecule has 74 valence electrons. The number of unbranched alkanes of at least 4 members (excludes halogenated alkanes) is 1. The van der Waals surface area contributed by atoms with Crippen LogP contribution in [-0.2, 0) is 4.74 Å². The Hall–Kier alpha value is 0.600. The van der Waals surface area contributed by atoms with Gasteiger partial charge in [-0.3, -0.25) is 0 Å². The van der Waals surface area contributed by atoms with Gasteiger partial charge in [0, 0.05) is 7.11 Å². The monoisotopic (exact) mass is 210 g/mol. The summed E-state index contributed by atoms with van der Waals surface area (Å²) in [6.45, 7) is 2.88. The molecule has 1 unspecified atom stereocenters. The first-order valence-electron chi connectivity index (χ1n) is 4.52. The van der Waals surface area contributed by atoms with Crippen LogP contribution in [0.2, 0.25) is 0 Å². The quantitative estimate of drug-likeness (QED) is 0.450. The van der Waals surface area contributed by atoms with Crippen LogP contribution in [0.15, 0.2) is 0 Å². The standard InChI is InChI=1S/C9H19ClOS/c1-3-12-7-5-4-6-9(10)8-11-2/h9H,3-8H2,1-2H3. The van der Waals surface area contributed by atoms with E-state index in [4.69, 9.17) is 16.3 Å². The van der Waals surface area contributed by atoms with Crippen LogP contribution in [0.4, 0.5) is 0 Å². The van der Waals surface area contributed by atoms with E-state index in [1.54, 1.807) is 7.11 Å². The summed E-state index contributed by atoms with van der Waals surface area (Å²) in [7, 11) is 1.70. The van der Waals surface area contributed by atoms with Crippen molar-refractivity contribution in [1.82, 2.24) is 0 Å². The van der Waals surface area contributed by atoms with Crippen molar-refractivity contribution in [3.63, 3.8) is 0 Å². The van der Waals surface area contributed by atoms with E-state index < -0.39 is 0 Å². The van der Waals surface area contributed by atoms with E-state index in [1.807, 2.05) is 11.8 Å². The van der Waals surface area contributed by atoms with Crippen LogP contribution in [0.3, 0.4) is 0 Å². The lowest BCUT2D eigenvalue weighted by Gasteiger charge is -2.06. The van der Waals surface area contributed by atoms with Gasteiger partial charge in [0.1, 0.15) is 0 Å². The molecule has 0 N–H and O–H groups in total. The second-order valence-corrected chi connectivity index (χ2v) is 4.76. The molecule has 0 amide bonds. The lowest BCUT2D eigenvalue weighted by molar-refractivity contribution is 0.195. The fraction of sp³-hybridized carbons (Fsp3) is 1.00. The van der Waals surface area contributed by atoms with Gasteiger partial charge in [0.2, 0.25) is 0 Å². The van der Waals surface area contributed by atoms with Gasteiger partial charge < -0.3 is 4.74 Å². The van der Waals surface area contributed by atoms with Gasteiger partial charge in [0.25, 0.3) is 0 Å². The molecule has 0 spiro atoms. The lowest BCUT2D eigenvalue weighted by Crippen LogP contribution is -2.06. The molecule has 0 aromatic carbocycles. The summed E-state index contributed by atoms with van der Waals surface area (Å²) in [5.74, 6) is 2.50. The maximum Gasteiger partial charge on any atom is 0.0626 e. The number of alkyl halides is 1. The van der Waals surface area contributed by atoms with E-state index in [-0.39, 0.29) is 5.38 Å². The van der Waals surface area contributed by atoms with Crippen molar-refractivity contribution in [1.29, 1.82) is 0 Å². The lowest BCUT2D eigenvalue weighted by atomic mass is 10.2. The Kier molecular flexibility index (Phi) is 10.2. The van der Waals surface area contributed by atoms with Crippen molar-refractivity contribution in [3.05, 3.63) is 0 Å². The number of rotatable bonds is 8. The van der Waals surface area contributed by atoms with Gasteiger partial charge >= 0.3 is 0 Å². The minimum Gasteiger partial charge on any atom is -0.383 e. The molecule has 0 aliphatic heterocycles. The van der Waals surface area contributed by atoms with E-state index in [2.05, 4.69) is 6.92 Å². The Labute approximate surface area is 85.2 Å². The molecule has 0 heterocycles. The zero-order valence-corrected chi connectivity index (χ0v) is 9.59. The molecule has 0 fully saturated rings. The summed E-state index contributed by atoms with van der Waals surface area (Å²) in [4.78, 5) is 0. The van der Waals surface area contributed by atoms with Crippen LogP contribution >= 0.6 is 23.4 Å². The molecule has 0 aromatic rings. The third kappa shape index (κ3) is 8.69. The van der Waals surface area contributed by atoms with Gasteiger partial charge in [0.15, 0.2) is 0 Å². The molecule has 0 saturated heterocycles. The molecule has 0 aliphatic carbocycles. The summed E-state index contributed by atoms with van der Waals surface area (Å²) in [6.07, 6.45) is 3.59. The fourth-order valence-corrected chi connectivity index (χ4v) is 1.96. The zero-order chi connectivity index (χ0) is 9.23. The van der Waals surface area contributed by atoms with Crippen molar-refractivity contribution < 1.29 is 4.74 Å². The Morgan fingerprint density at radius 1 is 1.42 bits per heavy atom. The van der Waals surface area contributed by atoms with E-state index in [0.717, 1.165) is 6.42 Å². The highest BCUT2D eigenvalue weighted by atomic mass is 35.5. The van der Waals surface area contributed by atoms with Crippen LogP contribution in [0.25, 0.3) is 0 Å². The first-order valence-corrected chi connectivity index (χ1v) is 6.11. The summed E-state index contributed by atoms with van der Waals surface area (Å²) in [5.41, 5.74) is 0. The smallest absolute Gasteiger partial charge is 0.0626 e. The normalized spacial score (nSPS) is 13.2. The number of ether oxygens (including phenoxy) is 1. The van der Waals surface area contributed by atoms with Crippen LogP contribution in [-0.4, -0.2) is 30.6 Å². The largest absolute Gasteiger partial charge is 0.383 e. The number of thioether (sulfide) groups is 1. The van der Waals surface area contributed by atoms with Crippen LogP contribution < -0.4 is 0 Å². The van der Waals surface area contributed by atoms with Crippen LogP contribution in [0.1, 0.15) is 26.2 Å². The van der Waals surface area contributed by atoms with Crippen LogP contribution in [0.5, 0.6) is 0 Å². The third-order valence-electron chi connectivity index (χ3n) is 1.61. The Morgan fingerprint density at radius 2 is 2.17 bits per heavy atom. The van der Waals surface area contributed by atoms with Crippen molar-refractivity contribution in [2.24, 2.45) is 0 Å². The van der Waals surface area contributed by atoms with Crippen LogP contribution in [0, 0.1) is 0 Å². The predicted molar refractivity (Wildman–Crippen MR) is 58.4 cm³/mol. The molecular formula is C9H19ClOS. The second kappa shape index (κ2) is 9.69. The Bertz CT molecular complexity index is 90.6. The molecule has 0 bridgehead atoms. The maximum absolute atomic E-state index is 5.96. The average Bonchev–Trinajstić information content (AvgIpc) is 2.05. The second-order valence-electron chi connectivity index (χ2n) is 2.75. The molecule has 1 nitrogen and oxygen atoms in total. The molecule has 1 atom stereocenters. The molecule has 0 rings (SSSR count). The molecule has 12 heavy (non-hydrogen) atoms. The summed E-state index contributed by atoms with van der Waals surface area (Å²) in [6, 6.07) is 0. The van der Waals surface area contributed by atoms with Gasteiger partial charge in [-0.25, -0.2) is 0 Å². The van der Waals surface area contributed by atoms with Gasteiger partial charge in [-0.05, 0) is 24.3 Å². The molecule has 0 saturated carbocycles. The van der Waals surface area contributed by atoms with E-state index in [0.29, 0.717) is 6.61 Å². The summed E-state index contributed by atoms with van der Waals surface area (Å²) in [5, 5.41) is 0.210. The van der Waals surface area contributed by atoms with Gasteiger partial charge in [-0.15, -0.1) is 11.6 Å². The van der Waals surface area contributed by atoms with Crippen molar-refractivity contribution in [3.8, 4) is 0 Å². The highest BCUT2D eigenvalue weighted by Gasteiger charge is 2.02. The van der Waals surface area contributed by atoms with Gasteiger partial charge in [-0.1, -0.05) is 13.3 Å². The average molecular weight is 211 g/mol. The fourth-order valence-electron chi connectivity index (χ4n) is 0.978. The first kappa shape index (κ1) is 12.6.